The Morgan fingerprint density at radius 3 is 1.80 bits per heavy atom. The molecule has 14 N–H and O–H groups in total. The number of unbranched alkanes of at least 4 members (excludes halogenated alkanes) is 1. The van der Waals surface area contributed by atoms with Crippen molar-refractivity contribution >= 4 is 11.9 Å². The van der Waals surface area contributed by atoms with Crippen molar-refractivity contribution in [2.45, 2.75) is 293 Å². The molecule has 27 nitrogen and oxygen atoms in total. The summed E-state index contributed by atoms with van der Waals surface area (Å²) in [5.74, 6) is -1.74. The Morgan fingerprint density at radius 1 is 0.578 bits per heavy atom. The molecule has 0 bridgehead atoms. The number of carbonyl (C=O) groups excluding carboxylic acids is 2. The van der Waals surface area contributed by atoms with Gasteiger partial charge in [-0.05, 0) is 122 Å². The van der Waals surface area contributed by atoms with Crippen LogP contribution in [0.1, 0.15) is 139 Å². The van der Waals surface area contributed by atoms with E-state index in [-0.39, 0.29) is 40.6 Å². The Labute approximate surface area is 524 Å². The predicted octanol–water partition coefficient (Wildman–Crippen LogP) is -1.19. The van der Waals surface area contributed by atoms with Crippen LogP contribution in [0.2, 0.25) is 0 Å². The van der Waals surface area contributed by atoms with Crippen LogP contribution in [0, 0.1) is 50.2 Å². The molecule has 5 heterocycles. The van der Waals surface area contributed by atoms with E-state index in [1.807, 2.05) is 6.92 Å². The van der Waals surface area contributed by atoms with E-state index >= 15 is 4.79 Å². The van der Waals surface area contributed by atoms with Gasteiger partial charge in [0.25, 0.3) is 0 Å². The fraction of sp³-hybridized carbons (Fsp3) is 0.937. The van der Waals surface area contributed by atoms with Gasteiger partial charge in [-0.3, -0.25) is 4.79 Å². The van der Waals surface area contributed by atoms with E-state index in [1.54, 1.807) is 0 Å². The van der Waals surface area contributed by atoms with E-state index in [0.717, 1.165) is 12.8 Å². The molecule has 0 aromatic heterocycles. The van der Waals surface area contributed by atoms with E-state index in [4.69, 9.17) is 52.1 Å². The van der Waals surface area contributed by atoms with Gasteiger partial charge in [-0.15, -0.1) is 0 Å². The van der Waals surface area contributed by atoms with Crippen LogP contribution in [0.4, 0.5) is 0 Å². The second-order valence-electron chi connectivity index (χ2n) is 29.8. The van der Waals surface area contributed by atoms with Gasteiger partial charge in [0.05, 0.1) is 44.1 Å². The maximum absolute atomic E-state index is 15.4. The fourth-order valence-electron chi connectivity index (χ4n) is 18.0. The zero-order valence-corrected chi connectivity index (χ0v) is 53.1. The van der Waals surface area contributed by atoms with Gasteiger partial charge < -0.3 is 124 Å². The predicted molar refractivity (Wildman–Crippen MR) is 307 cm³/mol. The van der Waals surface area contributed by atoms with Crippen LogP contribution < -0.4 is 0 Å². The summed E-state index contributed by atoms with van der Waals surface area (Å²) in [6.45, 7) is 17.0. The summed E-state index contributed by atoms with van der Waals surface area (Å²) >= 11 is 0. The molecular formula is C63H102O27. The van der Waals surface area contributed by atoms with Crippen LogP contribution in [0.3, 0.4) is 0 Å². The smallest absolute Gasteiger partial charge is 0.338 e. The second-order valence-corrected chi connectivity index (χ2v) is 29.8. The number of ether oxygens (including phenoxy) is 11. The van der Waals surface area contributed by atoms with E-state index < -0.39 is 202 Å². The lowest BCUT2D eigenvalue weighted by Gasteiger charge is -2.71. The highest BCUT2D eigenvalue weighted by Crippen LogP contribution is 2.76. The Hall–Kier alpha value is -2.24. The molecule has 10 rings (SSSR count). The molecule has 0 radical (unpaired) electrons. The van der Waals surface area contributed by atoms with Gasteiger partial charge in [-0.25, -0.2) is 4.79 Å². The average Bonchev–Trinajstić information content (AvgIpc) is 0.677. The average molecular weight is 1290 g/mol. The van der Waals surface area contributed by atoms with E-state index in [9.17, 15) is 76.3 Å². The van der Waals surface area contributed by atoms with E-state index in [0.29, 0.717) is 64.2 Å². The summed E-state index contributed by atoms with van der Waals surface area (Å²) in [4.78, 5) is 29.1. The van der Waals surface area contributed by atoms with Gasteiger partial charge in [0.2, 0.25) is 6.29 Å². The molecular weight excluding hydrogens is 1190 g/mol. The van der Waals surface area contributed by atoms with Crippen molar-refractivity contribution in [3.05, 3.63) is 11.6 Å². The topological polar surface area (TPSA) is 419 Å². The Bertz CT molecular complexity index is 2520. The number of esters is 2. The third kappa shape index (κ3) is 12.2. The normalized spacial score (nSPS) is 51.7. The molecule has 32 atom stereocenters. The zero-order valence-electron chi connectivity index (χ0n) is 53.1. The first-order valence-electron chi connectivity index (χ1n) is 32.6. The largest absolute Gasteiger partial charge is 0.464 e. The molecule has 9 fully saturated rings. The molecule has 90 heavy (non-hydrogen) atoms. The molecule has 516 valence electrons. The lowest BCUT2D eigenvalue weighted by Crippen LogP contribution is -2.68. The number of aliphatic hydroxyl groups excluding tert-OH is 14. The zero-order chi connectivity index (χ0) is 65.7. The lowest BCUT2D eigenvalue weighted by molar-refractivity contribution is -0.395. The summed E-state index contributed by atoms with van der Waals surface area (Å²) in [5, 5.41) is 153. The molecule has 0 aromatic rings. The van der Waals surface area contributed by atoms with Crippen LogP contribution in [0.15, 0.2) is 11.6 Å². The highest BCUT2D eigenvalue weighted by Gasteiger charge is 2.71. The number of hydrogen-bond donors (Lipinski definition) is 14. The standard InChI is InChI=1S/C63H102O27/c1-10-11-22-80-51(78)47-43(74)44(75)50(89-54-48(41(72)38(69)31(24-64)83-54)88-53-46(77)40(71)36(67)27(2)82-53)56(86-47)85-35-15-16-60(7)33(59(35,5)6)14-17-62(9)34(60)13-12-28-29-23-58(3,4)18-20-63(29,21-19-61(28,62)8)57(79)90-55-49(42(73)39(70)32(25-65)84-55)87-52-45(76)37(68)30(66)26-81-52/h12,27,29-50,52-56,64-77H,10-11,13-26H2,1-9H3/t27-,29-,30+,31+,32+,33-,34+,35-,36-,37-,38+,39+,40+,41-,42-,43-,44-,45+,46+,47-,48+,49+,50+,52-,53-,54-,55-,56+,60-,61+,62+,63-/m0/s1. The fourth-order valence-corrected chi connectivity index (χ4v) is 18.0. The van der Waals surface area contributed by atoms with Gasteiger partial charge in [0.1, 0.15) is 97.7 Å². The van der Waals surface area contributed by atoms with E-state index in [1.165, 1.54) is 12.5 Å². The van der Waals surface area contributed by atoms with Gasteiger partial charge in [0, 0.05) is 0 Å². The summed E-state index contributed by atoms with van der Waals surface area (Å²) in [5.41, 5.74) is -1.78. The van der Waals surface area contributed by atoms with Crippen molar-refractivity contribution in [1.29, 1.82) is 0 Å². The molecule has 5 saturated heterocycles. The molecule has 0 unspecified atom stereocenters. The minimum absolute atomic E-state index is 0.000558. The highest BCUT2D eigenvalue weighted by atomic mass is 16.8. The molecule has 4 saturated carbocycles. The van der Waals surface area contributed by atoms with Gasteiger partial charge in [0.15, 0.2) is 37.4 Å². The van der Waals surface area contributed by atoms with Crippen molar-refractivity contribution in [1.82, 2.24) is 0 Å². The minimum atomic E-state index is -1.97. The van der Waals surface area contributed by atoms with Crippen molar-refractivity contribution in [3.63, 3.8) is 0 Å². The molecule has 5 aliphatic heterocycles. The van der Waals surface area contributed by atoms with E-state index in [2.05, 4.69) is 54.5 Å². The Morgan fingerprint density at radius 2 is 1.16 bits per heavy atom. The summed E-state index contributed by atoms with van der Waals surface area (Å²) in [7, 11) is 0. The number of carbonyl (C=O) groups is 2. The monoisotopic (exact) mass is 1290 g/mol. The maximum atomic E-state index is 15.4. The minimum Gasteiger partial charge on any atom is -0.464 e. The first kappa shape index (κ1) is 70.6. The third-order valence-electron chi connectivity index (χ3n) is 23.8. The van der Waals surface area contributed by atoms with Crippen LogP contribution >= 0.6 is 0 Å². The third-order valence-corrected chi connectivity index (χ3v) is 23.8. The van der Waals surface area contributed by atoms with Gasteiger partial charge in [-0.2, -0.15) is 0 Å². The summed E-state index contributed by atoms with van der Waals surface area (Å²) < 4.78 is 66.7. The Balaban J connectivity index is 0.913. The molecule has 27 heteroatoms. The maximum Gasteiger partial charge on any atom is 0.338 e. The summed E-state index contributed by atoms with van der Waals surface area (Å²) in [6.07, 6.45) is -31.6. The quantitative estimate of drug-likeness (QED) is 0.0374. The number of allylic oxidation sites excluding steroid dienone is 2. The van der Waals surface area contributed by atoms with Crippen molar-refractivity contribution < 1.29 is 133 Å². The first-order valence-corrected chi connectivity index (χ1v) is 32.6. The lowest BCUT2D eigenvalue weighted by atomic mass is 9.33. The van der Waals surface area contributed by atoms with Gasteiger partial charge >= 0.3 is 11.9 Å². The van der Waals surface area contributed by atoms with Crippen LogP contribution in [-0.4, -0.2) is 263 Å². The molecule has 0 amide bonds. The molecule has 5 aliphatic carbocycles. The van der Waals surface area contributed by atoms with Crippen LogP contribution in [0.25, 0.3) is 0 Å². The number of fused-ring (bicyclic) bond motifs is 7. The number of hydrogen-bond acceptors (Lipinski definition) is 27. The van der Waals surface area contributed by atoms with Crippen molar-refractivity contribution in [2.75, 3.05) is 26.4 Å². The van der Waals surface area contributed by atoms with Gasteiger partial charge in [-0.1, -0.05) is 73.5 Å². The Kier molecular flexibility index (Phi) is 20.9. The molecule has 0 spiro atoms. The van der Waals surface area contributed by atoms with Crippen molar-refractivity contribution in [2.24, 2.45) is 50.2 Å². The second kappa shape index (κ2) is 26.6. The first-order chi connectivity index (χ1) is 42.2. The molecule has 0 aromatic carbocycles. The molecule has 10 aliphatic rings. The van der Waals surface area contributed by atoms with Crippen LogP contribution in [-0.2, 0) is 61.7 Å². The highest BCUT2D eigenvalue weighted by molar-refractivity contribution is 5.79. The SMILES string of the molecule is CCCCOC(=O)[C@H]1O[C@@H](O[C@H]2CC[C@]3(C)[C@H]4CC=C5[C@@H]6CC(C)(C)CC[C@]6(C(=O)O[C@@H]6O[C@H](CO)[C@@H](O)[C@H](O)[C@H]6O[C@@H]6OC[C@@H](O)[C@H](O)[C@H]6O)CC[C@@]5(C)[C@]4(C)CC[C@H]3C2(C)C)[C@H](O[C@@H]2O[C@H](CO)[C@@H](O)[C@H](O)[C@H]2O[C@@H]2O[C@@H](C)[C@H](O)[C@@H](O)[C@H]2O)[C@@H](O)[C@@H]1O. The summed E-state index contributed by atoms with van der Waals surface area (Å²) in [6, 6.07) is 0. The van der Waals surface area contributed by atoms with Crippen molar-refractivity contribution in [3.8, 4) is 0 Å². The number of rotatable bonds is 16. The van der Waals surface area contributed by atoms with Crippen LogP contribution in [0.5, 0.6) is 0 Å². The number of aliphatic hydroxyl groups is 14.